The standard InChI is InChI=1S/C21H22ClNO3/c1-3-13(2)19(20(22)24)23-21(25)26-12-18-16-10-6-4-8-14(16)15-9-5-7-11-17(15)18/h4-11,13,18-19H,3,12H2,1-2H3,(H,23,25). The fourth-order valence-electron chi connectivity index (χ4n) is 3.43. The van der Waals surface area contributed by atoms with Crippen molar-refractivity contribution in [2.24, 2.45) is 5.92 Å². The molecular formula is C21H22ClNO3. The molecule has 1 aliphatic rings. The first kappa shape index (κ1) is 18.5. The molecule has 0 fully saturated rings. The van der Waals surface area contributed by atoms with Gasteiger partial charge in [0.05, 0.1) is 0 Å². The van der Waals surface area contributed by atoms with E-state index in [4.69, 9.17) is 16.3 Å². The molecule has 2 unspecified atom stereocenters. The molecule has 0 heterocycles. The van der Waals surface area contributed by atoms with Gasteiger partial charge in [-0.2, -0.15) is 0 Å². The average molecular weight is 372 g/mol. The SMILES string of the molecule is CCC(C)C(NC(=O)OCC1c2ccccc2-c2ccccc21)C(=O)Cl. The first-order valence-electron chi connectivity index (χ1n) is 8.83. The van der Waals surface area contributed by atoms with Crippen molar-refractivity contribution in [3.8, 4) is 11.1 Å². The smallest absolute Gasteiger partial charge is 0.407 e. The zero-order chi connectivity index (χ0) is 18.7. The maximum atomic E-state index is 12.2. The Labute approximate surface area is 158 Å². The molecule has 0 spiro atoms. The van der Waals surface area contributed by atoms with Crippen molar-refractivity contribution in [2.45, 2.75) is 32.2 Å². The zero-order valence-corrected chi connectivity index (χ0v) is 15.6. The van der Waals surface area contributed by atoms with Crippen LogP contribution in [0, 0.1) is 5.92 Å². The van der Waals surface area contributed by atoms with Gasteiger partial charge < -0.3 is 10.1 Å². The van der Waals surface area contributed by atoms with E-state index in [1.807, 2.05) is 38.1 Å². The van der Waals surface area contributed by atoms with Crippen LogP contribution in [0.4, 0.5) is 4.79 Å². The molecule has 1 amide bonds. The number of amides is 1. The van der Waals surface area contributed by atoms with E-state index in [0.29, 0.717) is 0 Å². The van der Waals surface area contributed by atoms with Gasteiger partial charge in [-0.1, -0.05) is 68.8 Å². The Morgan fingerprint density at radius 2 is 1.62 bits per heavy atom. The third-order valence-electron chi connectivity index (χ3n) is 5.07. The summed E-state index contributed by atoms with van der Waals surface area (Å²) < 4.78 is 5.45. The lowest BCUT2D eigenvalue weighted by Gasteiger charge is -2.21. The van der Waals surface area contributed by atoms with E-state index in [2.05, 4.69) is 29.6 Å². The zero-order valence-electron chi connectivity index (χ0n) is 14.9. The molecule has 0 saturated heterocycles. The Hall–Kier alpha value is -2.33. The summed E-state index contributed by atoms with van der Waals surface area (Å²) in [4.78, 5) is 23.8. The molecule has 0 aliphatic heterocycles. The lowest BCUT2D eigenvalue weighted by atomic mass is 9.98. The first-order chi connectivity index (χ1) is 12.5. The lowest BCUT2D eigenvalue weighted by molar-refractivity contribution is -0.114. The van der Waals surface area contributed by atoms with E-state index in [9.17, 15) is 9.59 Å². The lowest BCUT2D eigenvalue weighted by Crippen LogP contribution is -2.43. The highest BCUT2D eigenvalue weighted by molar-refractivity contribution is 6.64. The second-order valence-electron chi connectivity index (χ2n) is 6.64. The van der Waals surface area contributed by atoms with Crippen LogP contribution in [0.25, 0.3) is 11.1 Å². The normalized spacial score (nSPS) is 14.9. The molecule has 26 heavy (non-hydrogen) atoms. The molecule has 0 aromatic heterocycles. The third kappa shape index (κ3) is 3.61. The Bertz CT molecular complexity index is 775. The summed E-state index contributed by atoms with van der Waals surface area (Å²) in [6.45, 7) is 4.02. The van der Waals surface area contributed by atoms with Gasteiger partial charge in [0.1, 0.15) is 12.6 Å². The van der Waals surface area contributed by atoms with Gasteiger partial charge in [-0.25, -0.2) is 4.79 Å². The van der Waals surface area contributed by atoms with Gasteiger partial charge in [-0.05, 0) is 39.8 Å². The number of hydrogen-bond acceptors (Lipinski definition) is 3. The van der Waals surface area contributed by atoms with E-state index in [0.717, 1.165) is 17.5 Å². The fourth-order valence-corrected chi connectivity index (χ4v) is 3.70. The molecule has 3 rings (SSSR count). The summed E-state index contributed by atoms with van der Waals surface area (Å²) in [5.41, 5.74) is 4.64. The second-order valence-corrected chi connectivity index (χ2v) is 7.01. The Morgan fingerprint density at radius 1 is 1.08 bits per heavy atom. The van der Waals surface area contributed by atoms with Crippen molar-refractivity contribution in [1.29, 1.82) is 0 Å². The third-order valence-corrected chi connectivity index (χ3v) is 5.31. The summed E-state index contributed by atoms with van der Waals surface area (Å²) in [7, 11) is 0. The van der Waals surface area contributed by atoms with Crippen LogP contribution < -0.4 is 5.32 Å². The minimum absolute atomic E-state index is 0.0121. The van der Waals surface area contributed by atoms with Crippen molar-refractivity contribution in [3.63, 3.8) is 0 Å². The molecular weight excluding hydrogens is 350 g/mol. The van der Waals surface area contributed by atoms with Crippen LogP contribution in [0.3, 0.4) is 0 Å². The number of rotatable bonds is 6. The van der Waals surface area contributed by atoms with E-state index >= 15 is 0 Å². The topological polar surface area (TPSA) is 55.4 Å². The first-order valence-corrected chi connectivity index (χ1v) is 9.21. The van der Waals surface area contributed by atoms with Crippen LogP contribution in [0.15, 0.2) is 48.5 Å². The maximum absolute atomic E-state index is 12.2. The molecule has 2 aromatic rings. The van der Waals surface area contributed by atoms with Gasteiger partial charge in [0.15, 0.2) is 0 Å². The summed E-state index contributed by atoms with van der Waals surface area (Å²) >= 11 is 5.61. The van der Waals surface area contributed by atoms with E-state index in [-0.39, 0.29) is 18.4 Å². The number of alkyl carbamates (subject to hydrolysis) is 1. The van der Waals surface area contributed by atoms with Gasteiger partial charge in [0.25, 0.3) is 0 Å². The summed E-state index contributed by atoms with van der Waals surface area (Å²) in [5.74, 6) is -0.0672. The molecule has 0 saturated carbocycles. The largest absolute Gasteiger partial charge is 0.449 e. The van der Waals surface area contributed by atoms with Crippen molar-refractivity contribution >= 4 is 22.9 Å². The van der Waals surface area contributed by atoms with Crippen LogP contribution in [-0.4, -0.2) is 24.0 Å². The monoisotopic (exact) mass is 371 g/mol. The molecule has 0 radical (unpaired) electrons. The second kappa shape index (κ2) is 7.92. The quantitative estimate of drug-likeness (QED) is 0.748. The molecule has 4 nitrogen and oxygen atoms in total. The summed E-state index contributed by atoms with van der Waals surface area (Å²) in [6, 6.07) is 15.5. The number of benzene rings is 2. The predicted molar refractivity (Wildman–Crippen MR) is 102 cm³/mol. The van der Waals surface area contributed by atoms with Crippen LogP contribution >= 0.6 is 11.6 Å². The van der Waals surface area contributed by atoms with Crippen LogP contribution in [0.2, 0.25) is 0 Å². The summed E-state index contributed by atoms with van der Waals surface area (Å²) in [5, 5.41) is 2.02. The number of hydrogen-bond donors (Lipinski definition) is 1. The number of halogens is 1. The van der Waals surface area contributed by atoms with Gasteiger partial charge in [-0.15, -0.1) is 0 Å². The van der Waals surface area contributed by atoms with Crippen molar-refractivity contribution in [3.05, 3.63) is 59.7 Å². The van der Waals surface area contributed by atoms with Crippen molar-refractivity contribution < 1.29 is 14.3 Å². The molecule has 1 N–H and O–H groups in total. The highest BCUT2D eigenvalue weighted by atomic mass is 35.5. The number of carbonyl (C=O) groups is 2. The van der Waals surface area contributed by atoms with Gasteiger partial charge in [0.2, 0.25) is 5.24 Å². The highest BCUT2D eigenvalue weighted by Crippen LogP contribution is 2.44. The number of nitrogens with one attached hydrogen (secondary N) is 1. The van der Waals surface area contributed by atoms with Crippen LogP contribution in [-0.2, 0) is 9.53 Å². The molecule has 136 valence electrons. The molecule has 0 bridgehead atoms. The molecule has 2 atom stereocenters. The van der Waals surface area contributed by atoms with Crippen molar-refractivity contribution in [1.82, 2.24) is 5.32 Å². The van der Waals surface area contributed by atoms with Gasteiger partial charge in [0, 0.05) is 5.92 Å². The predicted octanol–water partition coefficient (Wildman–Crippen LogP) is 4.71. The Morgan fingerprint density at radius 3 is 2.12 bits per heavy atom. The molecule has 2 aromatic carbocycles. The molecule has 1 aliphatic carbocycles. The number of ether oxygens (including phenoxy) is 1. The van der Waals surface area contributed by atoms with E-state index in [1.165, 1.54) is 11.1 Å². The minimum Gasteiger partial charge on any atom is -0.449 e. The Kier molecular flexibility index (Phi) is 5.62. The van der Waals surface area contributed by atoms with Gasteiger partial charge >= 0.3 is 6.09 Å². The number of carbonyl (C=O) groups excluding carboxylic acids is 2. The molecule has 5 heteroatoms. The number of fused-ring (bicyclic) bond motifs is 3. The van der Waals surface area contributed by atoms with Crippen LogP contribution in [0.1, 0.15) is 37.3 Å². The fraction of sp³-hybridized carbons (Fsp3) is 0.333. The van der Waals surface area contributed by atoms with Gasteiger partial charge in [-0.3, -0.25) is 4.79 Å². The summed E-state index contributed by atoms with van der Waals surface area (Å²) in [6.07, 6.45) is 0.110. The highest BCUT2D eigenvalue weighted by Gasteiger charge is 2.30. The minimum atomic E-state index is -0.739. The van der Waals surface area contributed by atoms with E-state index in [1.54, 1.807) is 0 Å². The van der Waals surface area contributed by atoms with Crippen LogP contribution in [0.5, 0.6) is 0 Å². The van der Waals surface area contributed by atoms with Crippen molar-refractivity contribution in [2.75, 3.05) is 6.61 Å². The average Bonchev–Trinajstić information content (AvgIpc) is 2.97. The van der Waals surface area contributed by atoms with E-state index < -0.39 is 17.4 Å². The maximum Gasteiger partial charge on any atom is 0.407 e. The Balaban J connectivity index is 1.72.